The molecule has 2 rings (SSSR count). The Labute approximate surface area is 116 Å². The fourth-order valence-electron chi connectivity index (χ4n) is 2.01. The summed E-state index contributed by atoms with van der Waals surface area (Å²) in [5.41, 5.74) is -0.317. The molecule has 2 atom stereocenters. The Hall–Kier alpha value is -1.72. The minimum atomic E-state index is -1.25. The van der Waals surface area contributed by atoms with Gasteiger partial charge in [0, 0.05) is 6.54 Å². The van der Waals surface area contributed by atoms with Crippen molar-refractivity contribution in [3.63, 3.8) is 0 Å². The fourth-order valence-corrected chi connectivity index (χ4v) is 2.01. The normalized spacial score (nSPS) is 14.2. The van der Waals surface area contributed by atoms with Crippen molar-refractivity contribution in [1.29, 1.82) is 0 Å². The molecule has 2 unspecified atom stereocenters. The summed E-state index contributed by atoms with van der Waals surface area (Å²) in [6.07, 6.45) is -1.25. The number of aliphatic hydroxyl groups is 1. The quantitative estimate of drug-likeness (QED) is 0.884. The van der Waals surface area contributed by atoms with Gasteiger partial charge in [-0.1, -0.05) is 6.07 Å². The van der Waals surface area contributed by atoms with Gasteiger partial charge in [-0.2, -0.15) is 0 Å². The van der Waals surface area contributed by atoms with E-state index < -0.39 is 17.7 Å². The Morgan fingerprint density at radius 3 is 2.40 bits per heavy atom. The van der Waals surface area contributed by atoms with Gasteiger partial charge >= 0.3 is 0 Å². The molecule has 0 spiro atoms. The molecule has 1 heterocycles. The monoisotopic (exact) mass is 281 g/mol. The van der Waals surface area contributed by atoms with Crippen LogP contribution in [0, 0.1) is 18.6 Å². The van der Waals surface area contributed by atoms with E-state index in [1.165, 1.54) is 6.07 Å². The zero-order valence-electron chi connectivity index (χ0n) is 11.4. The number of halogens is 2. The first-order valence-corrected chi connectivity index (χ1v) is 6.40. The van der Waals surface area contributed by atoms with Crippen molar-refractivity contribution < 1.29 is 18.3 Å². The van der Waals surface area contributed by atoms with Crippen LogP contribution < -0.4 is 5.32 Å². The highest BCUT2D eigenvalue weighted by Crippen LogP contribution is 2.21. The van der Waals surface area contributed by atoms with E-state index >= 15 is 0 Å². The zero-order valence-corrected chi connectivity index (χ0v) is 11.4. The number of furan rings is 1. The van der Waals surface area contributed by atoms with Crippen LogP contribution in [0.15, 0.2) is 34.7 Å². The highest BCUT2D eigenvalue weighted by molar-refractivity contribution is 5.22. The molecule has 0 radical (unpaired) electrons. The summed E-state index contributed by atoms with van der Waals surface area (Å²) in [5.74, 6) is -0.000329. The zero-order chi connectivity index (χ0) is 14.7. The Morgan fingerprint density at radius 1 is 1.20 bits per heavy atom. The van der Waals surface area contributed by atoms with Crippen molar-refractivity contribution in [2.75, 3.05) is 6.54 Å². The topological polar surface area (TPSA) is 45.4 Å². The Bertz CT molecular complexity index is 563. The van der Waals surface area contributed by atoms with Crippen LogP contribution in [0.3, 0.4) is 0 Å². The van der Waals surface area contributed by atoms with Crippen LogP contribution in [0.4, 0.5) is 8.78 Å². The maximum Gasteiger partial charge on any atom is 0.131 e. The third-order valence-electron chi connectivity index (χ3n) is 3.14. The van der Waals surface area contributed by atoms with Crippen molar-refractivity contribution in [3.05, 3.63) is 59.1 Å². The van der Waals surface area contributed by atoms with Gasteiger partial charge in [0.15, 0.2) is 0 Å². The molecule has 0 saturated carbocycles. The van der Waals surface area contributed by atoms with Crippen LogP contribution in [0.1, 0.15) is 36.2 Å². The van der Waals surface area contributed by atoms with Crippen molar-refractivity contribution in [3.8, 4) is 0 Å². The van der Waals surface area contributed by atoms with Gasteiger partial charge in [0.1, 0.15) is 23.2 Å². The second kappa shape index (κ2) is 6.15. The van der Waals surface area contributed by atoms with Gasteiger partial charge in [0.25, 0.3) is 0 Å². The van der Waals surface area contributed by atoms with Crippen molar-refractivity contribution >= 4 is 0 Å². The lowest BCUT2D eigenvalue weighted by Gasteiger charge is -2.17. The first kappa shape index (κ1) is 14.7. The molecule has 0 aliphatic rings. The molecule has 20 heavy (non-hydrogen) atoms. The van der Waals surface area contributed by atoms with Crippen LogP contribution >= 0.6 is 0 Å². The van der Waals surface area contributed by atoms with E-state index in [0.717, 1.165) is 17.9 Å². The van der Waals surface area contributed by atoms with E-state index in [1.807, 2.05) is 26.0 Å². The minimum absolute atomic E-state index is 0.0266. The van der Waals surface area contributed by atoms with Crippen LogP contribution in [0.2, 0.25) is 0 Å². The van der Waals surface area contributed by atoms with Crippen LogP contribution in [0.5, 0.6) is 0 Å². The second-order valence-electron chi connectivity index (χ2n) is 4.73. The van der Waals surface area contributed by atoms with Gasteiger partial charge in [-0.3, -0.25) is 0 Å². The number of rotatable bonds is 5. The highest BCUT2D eigenvalue weighted by Gasteiger charge is 2.19. The van der Waals surface area contributed by atoms with E-state index in [4.69, 9.17) is 4.42 Å². The number of hydrogen-bond donors (Lipinski definition) is 2. The number of aryl methyl sites for hydroxylation is 1. The lowest BCUT2D eigenvalue weighted by molar-refractivity contribution is 0.159. The Kier molecular flexibility index (Phi) is 4.52. The van der Waals surface area contributed by atoms with Crippen LogP contribution in [-0.4, -0.2) is 11.7 Å². The first-order valence-electron chi connectivity index (χ1n) is 6.40. The van der Waals surface area contributed by atoms with Crippen LogP contribution in [-0.2, 0) is 0 Å². The molecule has 0 bridgehead atoms. The van der Waals surface area contributed by atoms with E-state index in [0.29, 0.717) is 5.76 Å². The van der Waals surface area contributed by atoms with Crippen molar-refractivity contribution in [2.24, 2.45) is 0 Å². The molecular weight excluding hydrogens is 264 g/mol. The standard InChI is InChI=1S/C15H17F2NO2/c1-9-6-7-14(20-9)10(2)18-8-13(19)15-11(16)4-3-5-12(15)17/h3-7,10,13,18-19H,8H2,1-2H3. The Morgan fingerprint density at radius 2 is 1.85 bits per heavy atom. The first-order chi connectivity index (χ1) is 9.49. The van der Waals surface area contributed by atoms with Gasteiger partial charge in [0.05, 0.1) is 17.7 Å². The van der Waals surface area contributed by atoms with Gasteiger partial charge in [0.2, 0.25) is 0 Å². The number of hydrogen-bond acceptors (Lipinski definition) is 3. The molecule has 0 saturated heterocycles. The molecule has 108 valence electrons. The molecule has 5 heteroatoms. The molecule has 0 aliphatic carbocycles. The summed E-state index contributed by atoms with van der Waals surface area (Å²) in [5, 5.41) is 12.9. The maximum absolute atomic E-state index is 13.5. The van der Waals surface area contributed by atoms with Crippen molar-refractivity contribution in [1.82, 2.24) is 5.32 Å². The number of benzene rings is 1. The van der Waals surface area contributed by atoms with Crippen molar-refractivity contribution in [2.45, 2.75) is 26.0 Å². The maximum atomic E-state index is 13.5. The molecule has 1 aromatic heterocycles. The van der Waals surface area contributed by atoms with Gasteiger partial charge < -0.3 is 14.8 Å². The lowest BCUT2D eigenvalue weighted by Crippen LogP contribution is -2.25. The average Bonchev–Trinajstić information content (AvgIpc) is 2.82. The van der Waals surface area contributed by atoms with Gasteiger partial charge in [-0.25, -0.2) is 8.78 Å². The highest BCUT2D eigenvalue weighted by atomic mass is 19.1. The molecule has 0 aliphatic heterocycles. The SMILES string of the molecule is Cc1ccc(C(C)NCC(O)c2c(F)cccc2F)o1. The van der Waals surface area contributed by atoms with E-state index in [1.54, 1.807) is 0 Å². The molecule has 2 aromatic rings. The molecule has 2 N–H and O–H groups in total. The molecular formula is C15H17F2NO2. The average molecular weight is 281 g/mol. The molecule has 1 aromatic carbocycles. The third-order valence-corrected chi connectivity index (χ3v) is 3.14. The summed E-state index contributed by atoms with van der Waals surface area (Å²) in [6, 6.07) is 7.02. The number of nitrogens with one attached hydrogen (secondary N) is 1. The minimum Gasteiger partial charge on any atom is -0.465 e. The molecule has 3 nitrogen and oxygen atoms in total. The fraction of sp³-hybridized carbons (Fsp3) is 0.333. The predicted octanol–water partition coefficient (Wildman–Crippen LogP) is 3.25. The molecule has 0 fully saturated rings. The Balaban J connectivity index is 2.00. The van der Waals surface area contributed by atoms with E-state index in [2.05, 4.69) is 5.32 Å². The summed E-state index contributed by atoms with van der Waals surface area (Å²) in [6.45, 7) is 3.71. The smallest absolute Gasteiger partial charge is 0.131 e. The molecule has 0 amide bonds. The third kappa shape index (κ3) is 3.23. The largest absolute Gasteiger partial charge is 0.465 e. The van der Waals surface area contributed by atoms with Gasteiger partial charge in [-0.05, 0) is 38.1 Å². The predicted molar refractivity (Wildman–Crippen MR) is 71.2 cm³/mol. The van der Waals surface area contributed by atoms with Gasteiger partial charge in [-0.15, -0.1) is 0 Å². The lowest BCUT2D eigenvalue weighted by atomic mass is 10.1. The summed E-state index contributed by atoms with van der Waals surface area (Å²) >= 11 is 0. The van der Waals surface area contributed by atoms with E-state index in [9.17, 15) is 13.9 Å². The van der Waals surface area contributed by atoms with Crippen LogP contribution in [0.25, 0.3) is 0 Å². The summed E-state index contributed by atoms with van der Waals surface area (Å²) in [7, 11) is 0. The second-order valence-corrected chi connectivity index (χ2v) is 4.73. The summed E-state index contributed by atoms with van der Waals surface area (Å²) in [4.78, 5) is 0. The number of aliphatic hydroxyl groups excluding tert-OH is 1. The van der Waals surface area contributed by atoms with E-state index in [-0.39, 0.29) is 18.2 Å². The summed E-state index contributed by atoms with van der Waals surface area (Å²) < 4.78 is 32.4.